The van der Waals surface area contributed by atoms with Gasteiger partial charge in [-0.2, -0.15) is 5.10 Å². The van der Waals surface area contributed by atoms with E-state index in [0.29, 0.717) is 29.4 Å². The summed E-state index contributed by atoms with van der Waals surface area (Å²) < 4.78 is 1.61. The van der Waals surface area contributed by atoms with Gasteiger partial charge in [-0.25, -0.2) is 4.68 Å². The summed E-state index contributed by atoms with van der Waals surface area (Å²) in [5, 5.41) is 14.7. The van der Waals surface area contributed by atoms with Gasteiger partial charge in [0, 0.05) is 24.8 Å². The van der Waals surface area contributed by atoms with Crippen LogP contribution in [-0.4, -0.2) is 44.8 Å². The minimum Gasteiger partial charge on any atom is -0.481 e. The number of nitrogens with zero attached hydrogens (tertiary/aromatic N) is 3. The Bertz CT molecular complexity index is 894. The van der Waals surface area contributed by atoms with Gasteiger partial charge >= 0.3 is 5.97 Å². The second-order valence-corrected chi connectivity index (χ2v) is 7.70. The highest BCUT2D eigenvalue weighted by Gasteiger charge is 2.56. The maximum absolute atomic E-state index is 13.0. The van der Waals surface area contributed by atoms with Crippen LogP contribution in [0.2, 0.25) is 5.02 Å². The monoisotopic (exact) mass is 373 g/mol. The molecule has 0 spiro atoms. The molecule has 2 atom stereocenters. The number of hydrogen-bond donors (Lipinski definition) is 1. The molecule has 4 rings (SSSR count). The van der Waals surface area contributed by atoms with Crippen LogP contribution < -0.4 is 0 Å². The Labute approximate surface area is 156 Å². The Morgan fingerprint density at radius 2 is 2.12 bits per heavy atom. The molecule has 0 bridgehead atoms. The largest absolute Gasteiger partial charge is 0.481 e. The van der Waals surface area contributed by atoms with E-state index in [1.807, 2.05) is 25.1 Å². The number of likely N-dealkylation sites (tertiary alicyclic amines) is 1. The molecule has 2 heterocycles. The molecule has 1 aromatic carbocycles. The number of carboxylic acids is 1. The van der Waals surface area contributed by atoms with Crippen LogP contribution in [0.3, 0.4) is 0 Å². The van der Waals surface area contributed by atoms with Crippen LogP contribution in [0.1, 0.15) is 35.3 Å². The molecule has 7 heteroatoms. The Morgan fingerprint density at radius 3 is 2.81 bits per heavy atom. The number of halogens is 1. The van der Waals surface area contributed by atoms with E-state index in [1.54, 1.807) is 21.8 Å². The summed E-state index contributed by atoms with van der Waals surface area (Å²) in [5.74, 6) is -0.952. The highest BCUT2D eigenvalue weighted by molar-refractivity contribution is 6.32. The zero-order valence-electron chi connectivity index (χ0n) is 14.5. The molecule has 1 aromatic heterocycles. The molecule has 0 radical (unpaired) electrons. The first kappa shape index (κ1) is 17.1. The van der Waals surface area contributed by atoms with Crippen molar-refractivity contribution in [3.63, 3.8) is 0 Å². The minimum absolute atomic E-state index is 0.0370. The Morgan fingerprint density at radius 1 is 1.35 bits per heavy atom. The molecule has 1 amide bonds. The van der Waals surface area contributed by atoms with Crippen molar-refractivity contribution < 1.29 is 14.7 Å². The molecule has 1 saturated heterocycles. The molecular formula is C19H20ClN3O3. The van der Waals surface area contributed by atoms with Gasteiger partial charge in [0.1, 0.15) is 0 Å². The Balaban J connectivity index is 1.62. The summed E-state index contributed by atoms with van der Waals surface area (Å²) >= 11 is 6.22. The van der Waals surface area contributed by atoms with Crippen molar-refractivity contribution in [3.8, 4) is 5.69 Å². The number of amides is 1. The van der Waals surface area contributed by atoms with E-state index < -0.39 is 11.4 Å². The van der Waals surface area contributed by atoms with E-state index in [-0.39, 0.29) is 18.4 Å². The lowest BCUT2D eigenvalue weighted by atomic mass is 9.81. The van der Waals surface area contributed by atoms with E-state index in [4.69, 9.17) is 11.6 Å². The molecular weight excluding hydrogens is 354 g/mol. The van der Waals surface area contributed by atoms with Gasteiger partial charge in [0.05, 0.1) is 16.1 Å². The summed E-state index contributed by atoms with van der Waals surface area (Å²) in [7, 11) is 0. The smallest absolute Gasteiger partial charge is 0.311 e. The fraction of sp³-hybridized carbons (Fsp3) is 0.421. The molecule has 1 aliphatic heterocycles. The fourth-order valence-electron chi connectivity index (χ4n) is 4.38. The average molecular weight is 374 g/mol. The van der Waals surface area contributed by atoms with Gasteiger partial charge in [-0.05, 0) is 37.8 Å². The highest BCUT2D eigenvalue weighted by atomic mass is 35.5. The fourth-order valence-corrected chi connectivity index (χ4v) is 4.60. The third kappa shape index (κ3) is 2.51. The predicted octanol–water partition coefficient (Wildman–Crippen LogP) is 3.16. The number of carbonyl (C=O) groups excluding carboxylic acids is 1. The van der Waals surface area contributed by atoms with Crippen molar-refractivity contribution in [2.45, 2.75) is 26.2 Å². The SMILES string of the molecule is Cc1cn(-c2ccccc2Cl)nc1C(=O)N1C[C@@H]2CCC[C@@]2(C(=O)O)C1. The lowest BCUT2D eigenvalue weighted by molar-refractivity contribution is -0.149. The number of fused-ring (bicyclic) bond motifs is 1. The molecule has 0 unspecified atom stereocenters. The second-order valence-electron chi connectivity index (χ2n) is 7.29. The van der Waals surface area contributed by atoms with Crippen molar-refractivity contribution >= 4 is 23.5 Å². The van der Waals surface area contributed by atoms with Crippen LogP contribution in [0.4, 0.5) is 0 Å². The molecule has 136 valence electrons. The lowest BCUT2D eigenvalue weighted by Gasteiger charge is -2.23. The van der Waals surface area contributed by atoms with Gasteiger partial charge in [-0.15, -0.1) is 0 Å². The van der Waals surface area contributed by atoms with Gasteiger partial charge in [-0.3, -0.25) is 9.59 Å². The molecule has 2 aromatic rings. The van der Waals surface area contributed by atoms with E-state index in [9.17, 15) is 14.7 Å². The van der Waals surface area contributed by atoms with Crippen LogP contribution in [-0.2, 0) is 4.79 Å². The molecule has 6 nitrogen and oxygen atoms in total. The first-order chi connectivity index (χ1) is 12.4. The first-order valence-corrected chi connectivity index (χ1v) is 9.14. The summed E-state index contributed by atoms with van der Waals surface area (Å²) in [4.78, 5) is 26.5. The summed E-state index contributed by atoms with van der Waals surface area (Å²) in [5.41, 5.74) is 1.02. The average Bonchev–Trinajstić information content (AvgIpc) is 3.26. The van der Waals surface area contributed by atoms with E-state index in [2.05, 4.69) is 5.10 Å². The zero-order chi connectivity index (χ0) is 18.5. The molecule has 2 aliphatic rings. The predicted molar refractivity (Wildman–Crippen MR) is 96.6 cm³/mol. The lowest BCUT2D eigenvalue weighted by Crippen LogP contribution is -2.37. The maximum atomic E-state index is 13.0. The maximum Gasteiger partial charge on any atom is 0.311 e. The van der Waals surface area contributed by atoms with Crippen LogP contribution in [0.15, 0.2) is 30.5 Å². The number of aliphatic carboxylic acids is 1. The van der Waals surface area contributed by atoms with Crippen LogP contribution >= 0.6 is 11.6 Å². The van der Waals surface area contributed by atoms with Crippen molar-refractivity contribution in [1.29, 1.82) is 0 Å². The number of aromatic nitrogens is 2. The van der Waals surface area contributed by atoms with Crippen molar-refractivity contribution in [2.75, 3.05) is 13.1 Å². The highest BCUT2D eigenvalue weighted by Crippen LogP contribution is 2.49. The second kappa shape index (κ2) is 6.13. The van der Waals surface area contributed by atoms with Gasteiger partial charge in [0.15, 0.2) is 5.69 Å². The van der Waals surface area contributed by atoms with Gasteiger partial charge in [-0.1, -0.05) is 30.2 Å². The third-order valence-corrected chi connectivity index (χ3v) is 6.10. The summed E-state index contributed by atoms with van der Waals surface area (Å²) in [6, 6.07) is 7.30. The zero-order valence-corrected chi connectivity index (χ0v) is 15.2. The van der Waals surface area contributed by atoms with Gasteiger partial charge in [0.25, 0.3) is 5.91 Å². The standard InChI is InChI=1S/C19H20ClN3O3/c1-12-9-23(15-7-3-2-6-14(15)20)21-16(12)17(24)22-10-13-5-4-8-19(13,11-22)18(25)26/h2-3,6-7,9,13H,4-5,8,10-11H2,1H3,(H,25,26)/t13-,19+/m0/s1. The Kier molecular flexibility index (Phi) is 4.03. The van der Waals surface area contributed by atoms with E-state index in [0.717, 1.165) is 18.4 Å². The molecule has 2 fully saturated rings. The number of carboxylic acid groups (broad SMARTS) is 1. The van der Waals surface area contributed by atoms with Crippen LogP contribution in [0, 0.1) is 18.3 Å². The van der Waals surface area contributed by atoms with Crippen molar-refractivity contribution in [2.24, 2.45) is 11.3 Å². The normalized spacial score (nSPS) is 24.7. The third-order valence-electron chi connectivity index (χ3n) is 5.78. The molecule has 1 aliphatic carbocycles. The van der Waals surface area contributed by atoms with Crippen molar-refractivity contribution in [3.05, 3.63) is 46.7 Å². The summed E-state index contributed by atoms with van der Waals surface area (Å²) in [6.45, 7) is 2.59. The Hall–Kier alpha value is -2.34. The number of benzene rings is 1. The number of carbonyl (C=O) groups is 2. The first-order valence-electron chi connectivity index (χ1n) is 8.76. The number of para-hydroxylation sites is 1. The van der Waals surface area contributed by atoms with Crippen LogP contribution in [0.5, 0.6) is 0 Å². The minimum atomic E-state index is -0.784. The number of rotatable bonds is 3. The van der Waals surface area contributed by atoms with Crippen LogP contribution in [0.25, 0.3) is 5.69 Å². The van der Waals surface area contributed by atoms with E-state index in [1.165, 1.54) is 0 Å². The molecule has 1 N–H and O–H groups in total. The quantitative estimate of drug-likeness (QED) is 0.896. The van der Waals surface area contributed by atoms with Gasteiger partial charge < -0.3 is 10.0 Å². The topological polar surface area (TPSA) is 75.4 Å². The molecule has 1 saturated carbocycles. The van der Waals surface area contributed by atoms with Gasteiger partial charge in [0.2, 0.25) is 0 Å². The summed E-state index contributed by atoms with van der Waals surface area (Å²) in [6.07, 6.45) is 4.20. The number of aryl methyl sites for hydroxylation is 1. The molecule has 26 heavy (non-hydrogen) atoms. The van der Waals surface area contributed by atoms with E-state index >= 15 is 0 Å². The van der Waals surface area contributed by atoms with Crippen molar-refractivity contribution in [1.82, 2.24) is 14.7 Å². The number of hydrogen-bond acceptors (Lipinski definition) is 3.